The highest BCUT2D eigenvalue weighted by Crippen LogP contribution is 2.30. The van der Waals surface area contributed by atoms with E-state index < -0.39 is 11.4 Å². The molecule has 2 aromatic rings. The molecule has 36 heavy (non-hydrogen) atoms. The predicted molar refractivity (Wildman–Crippen MR) is 133 cm³/mol. The molecule has 1 aliphatic heterocycles. The van der Waals surface area contributed by atoms with Gasteiger partial charge in [0.15, 0.2) is 17.2 Å². The van der Waals surface area contributed by atoms with Crippen LogP contribution < -0.4 is 20.1 Å². The maximum absolute atomic E-state index is 13.5. The number of imidazole rings is 1. The van der Waals surface area contributed by atoms with Crippen molar-refractivity contribution < 1.29 is 23.9 Å². The molecule has 1 aromatic carbocycles. The van der Waals surface area contributed by atoms with E-state index in [9.17, 15) is 14.4 Å². The Morgan fingerprint density at radius 2 is 1.89 bits per heavy atom. The van der Waals surface area contributed by atoms with Gasteiger partial charge in [0.05, 0.1) is 27.1 Å². The third-order valence-corrected chi connectivity index (χ3v) is 7.22. The van der Waals surface area contributed by atoms with Gasteiger partial charge in [-0.05, 0) is 50.8 Å². The molecule has 2 N–H and O–H groups in total. The Kier molecular flexibility index (Phi) is 7.51. The standard InChI is InChI=1S/C26H35N5O5/c1-5-31-24(33)22-21(23(32)27-13-12-17-10-11-19(35-3)20(14-17)36-4)28-16-30(22)15-26(31,2)25(34)29-18-8-6-7-9-18/h10-11,14,16,18H,5-9,12-13,15H2,1-4H3,(H,27,32)(H,29,34). The van der Waals surface area contributed by atoms with Crippen LogP contribution in [0.15, 0.2) is 24.5 Å². The molecule has 4 rings (SSSR count). The number of rotatable bonds is 9. The van der Waals surface area contributed by atoms with Gasteiger partial charge >= 0.3 is 0 Å². The summed E-state index contributed by atoms with van der Waals surface area (Å²) in [6.07, 6.45) is 6.18. The van der Waals surface area contributed by atoms with Gasteiger partial charge in [0.2, 0.25) is 5.91 Å². The molecule has 2 aliphatic rings. The molecule has 10 nitrogen and oxygen atoms in total. The average Bonchev–Trinajstić information content (AvgIpc) is 3.54. The number of carbonyl (C=O) groups excluding carboxylic acids is 3. The summed E-state index contributed by atoms with van der Waals surface area (Å²) in [6.45, 7) is 4.57. The number of nitrogens with one attached hydrogen (secondary N) is 2. The van der Waals surface area contributed by atoms with E-state index in [0.29, 0.717) is 31.0 Å². The Morgan fingerprint density at radius 1 is 1.17 bits per heavy atom. The highest BCUT2D eigenvalue weighted by Gasteiger charge is 2.48. The summed E-state index contributed by atoms with van der Waals surface area (Å²) in [7, 11) is 3.15. The summed E-state index contributed by atoms with van der Waals surface area (Å²) in [4.78, 5) is 45.5. The lowest BCUT2D eigenvalue weighted by Crippen LogP contribution is -2.64. The van der Waals surface area contributed by atoms with Gasteiger partial charge in [-0.2, -0.15) is 0 Å². The van der Waals surface area contributed by atoms with Gasteiger partial charge in [-0.1, -0.05) is 18.9 Å². The second kappa shape index (κ2) is 10.6. The van der Waals surface area contributed by atoms with Crippen molar-refractivity contribution in [2.24, 2.45) is 0 Å². The number of benzene rings is 1. The van der Waals surface area contributed by atoms with Crippen LogP contribution in [0.2, 0.25) is 0 Å². The molecule has 0 spiro atoms. The molecule has 2 heterocycles. The van der Waals surface area contributed by atoms with Crippen molar-refractivity contribution >= 4 is 17.7 Å². The second-order valence-corrected chi connectivity index (χ2v) is 9.54. The minimum absolute atomic E-state index is 0.0732. The fourth-order valence-corrected chi connectivity index (χ4v) is 5.20. The number of fused-ring (bicyclic) bond motifs is 1. The van der Waals surface area contributed by atoms with E-state index in [-0.39, 0.29) is 35.8 Å². The zero-order chi connectivity index (χ0) is 25.9. The smallest absolute Gasteiger partial charge is 0.273 e. The number of aromatic nitrogens is 2. The van der Waals surface area contributed by atoms with Crippen molar-refractivity contribution in [2.75, 3.05) is 27.3 Å². The van der Waals surface area contributed by atoms with Gasteiger partial charge in [0.1, 0.15) is 11.2 Å². The van der Waals surface area contributed by atoms with Crippen molar-refractivity contribution in [1.82, 2.24) is 25.1 Å². The van der Waals surface area contributed by atoms with E-state index in [4.69, 9.17) is 9.47 Å². The molecule has 0 radical (unpaired) electrons. The number of amides is 3. The lowest BCUT2D eigenvalue weighted by Gasteiger charge is -2.43. The highest BCUT2D eigenvalue weighted by atomic mass is 16.5. The molecule has 1 unspecified atom stereocenters. The molecule has 1 fully saturated rings. The van der Waals surface area contributed by atoms with E-state index >= 15 is 0 Å². The van der Waals surface area contributed by atoms with Gasteiger partial charge < -0.3 is 29.6 Å². The lowest BCUT2D eigenvalue weighted by molar-refractivity contribution is -0.133. The number of carbonyl (C=O) groups is 3. The Labute approximate surface area is 211 Å². The Bertz CT molecular complexity index is 1140. The zero-order valence-electron chi connectivity index (χ0n) is 21.4. The molecule has 194 valence electrons. The Hall–Kier alpha value is -3.56. The number of ether oxygens (including phenoxy) is 2. The Morgan fingerprint density at radius 3 is 2.56 bits per heavy atom. The highest BCUT2D eigenvalue weighted by molar-refractivity contribution is 6.07. The van der Waals surface area contributed by atoms with Crippen LogP contribution in [0.1, 0.15) is 66.1 Å². The van der Waals surface area contributed by atoms with Crippen LogP contribution in [-0.4, -0.2) is 71.1 Å². The fourth-order valence-electron chi connectivity index (χ4n) is 5.20. The minimum Gasteiger partial charge on any atom is -0.493 e. The molecule has 1 aromatic heterocycles. The molecule has 10 heteroatoms. The summed E-state index contributed by atoms with van der Waals surface area (Å²) < 4.78 is 12.2. The number of nitrogens with zero attached hydrogens (tertiary/aromatic N) is 3. The fraction of sp³-hybridized carbons (Fsp3) is 0.538. The Balaban J connectivity index is 1.46. The molecule has 0 bridgehead atoms. The lowest BCUT2D eigenvalue weighted by atomic mass is 9.94. The van der Waals surface area contributed by atoms with Crippen molar-refractivity contribution in [3.8, 4) is 11.5 Å². The molecule has 1 atom stereocenters. The number of hydrogen-bond donors (Lipinski definition) is 2. The summed E-state index contributed by atoms with van der Waals surface area (Å²) in [6, 6.07) is 5.74. The quantitative estimate of drug-likeness (QED) is 0.549. The predicted octanol–water partition coefficient (Wildman–Crippen LogP) is 2.17. The van der Waals surface area contributed by atoms with Crippen LogP contribution >= 0.6 is 0 Å². The minimum atomic E-state index is -1.05. The zero-order valence-corrected chi connectivity index (χ0v) is 21.4. The molecule has 0 saturated heterocycles. The monoisotopic (exact) mass is 497 g/mol. The first-order chi connectivity index (χ1) is 17.3. The van der Waals surface area contributed by atoms with E-state index in [1.807, 2.05) is 25.1 Å². The number of methoxy groups -OCH3 is 2. The molecular weight excluding hydrogens is 462 g/mol. The normalized spacial score (nSPS) is 19.7. The van der Waals surface area contributed by atoms with E-state index in [2.05, 4.69) is 15.6 Å². The number of likely N-dealkylation sites (N-methyl/N-ethyl adjacent to an activating group) is 1. The summed E-state index contributed by atoms with van der Waals surface area (Å²) in [5.41, 5.74) is 0.205. The van der Waals surface area contributed by atoms with E-state index in [1.165, 1.54) is 6.33 Å². The van der Waals surface area contributed by atoms with Crippen LogP contribution in [0.3, 0.4) is 0 Å². The first kappa shape index (κ1) is 25.5. The third kappa shape index (κ3) is 4.76. The van der Waals surface area contributed by atoms with Crippen LogP contribution in [0, 0.1) is 0 Å². The van der Waals surface area contributed by atoms with Gasteiger partial charge in [0.25, 0.3) is 11.8 Å². The van der Waals surface area contributed by atoms with Gasteiger partial charge in [-0.15, -0.1) is 0 Å². The molecule has 3 amide bonds. The van der Waals surface area contributed by atoms with Gasteiger partial charge in [-0.25, -0.2) is 4.98 Å². The molecule has 1 aliphatic carbocycles. The van der Waals surface area contributed by atoms with Crippen LogP contribution in [0.5, 0.6) is 11.5 Å². The maximum atomic E-state index is 13.5. The average molecular weight is 498 g/mol. The van der Waals surface area contributed by atoms with Gasteiger partial charge in [0, 0.05) is 19.1 Å². The van der Waals surface area contributed by atoms with Crippen LogP contribution in [0.25, 0.3) is 0 Å². The third-order valence-electron chi connectivity index (χ3n) is 7.22. The van der Waals surface area contributed by atoms with Crippen molar-refractivity contribution in [1.29, 1.82) is 0 Å². The van der Waals surface area contributed by atoms with Crippen molar-refractivity contribution in [2.45, 2.75) is 64.1 Å². The van der Waals surface area contributed by atoms with E-state index in [1.54, 1.807) is 30.6 Å². The summed E-state index contributed by atoms with van der Waals surface area (Å²) in [5.74, 6) is 0.306. The first-order valence-corrected chi connectivity index (χ1v) is 12.5. The molecule has 1 saturated carbocycles. The molecular formula is C26H35N5O5. The van der Waals surface area contributed by atoms with Crippen molar-refractivity contribution in [3.05, 3.63) is 41.5 Å². The van der Waals surface area contributed by atoms with E-state index in [0.717, 1.165) is 31.2 Å². The van der Waals surface area contributed by atoms with Crippen molar-refractivity contribution in [3.63, 3.8) is 0 Å². The summed E-state index contributed by atoms with van der Waals surface area (Å²) >= 11 is 0. The topological polar surface area (TPSA) is 115 Å². The SMILES string of the molecule is CCN1C(=O)c2c(C(=O)NCCc3ccc(OC)c(OC)c3)ncn2CC1(C)C(=O)NC1CCCC1. The summed E-state index contributed by atoms with van der Waals surface area (Å²) in [5, 5.41) is 5.99. The second-order valence-electron chi connectivity index (χ2n) is 9.54. The van der Waals surface area contributed by atoms with Crippen LogP contribution in [0.4, 0.5) is 0 Å². The largest absolute Gasteiger partial charge is 0.493 e. The van der Waals surface area contributed by atoms with Gasteiger partial charge in [-0.3, -0.25) is 14.4 Å². The van der Waals surface area contributed by atoms with Crippen LogP contribution in [-0.2, 0) is 17.8 Å². The number of hydrogen-bond acceptors (Lipinski definition) is 6. The maximum Gasteiger partial charge on any atom is 0.273 e. The first-order valence-electron chi connectivity index (χ1n) is 12.5.